The summed E-state index contributed by atoms with van der Waals surface area (Å²) in [5.74, 6) is -1.85. The molecule has 28 heavy (non-hydrogen) atoms. The minimum atomic E-state index is -1.35. The van der Waals surface area contributed by atoms with Gasteiger partial charge in [0.15, 0.2) is 11.4 Å². The standard InChI is InChI=1S/C19H21Cl2NO6/c1-3-5-8-28-17-11-9-13(20)14(21)10-12(11)18(24)22(16(17)19(25)26)7-6-15(23)27-4-2/h9-10H,3-8H2,1-2H3,(H,25,26). The van der Waals surface area contributed by atoms with E-state index in [1.807, 2.05) is 6.92 Å². The number of carbonyl (C=O) groups excluding carboxylic acids is 1. The number of fused-ring (bicyclic) bond motifs is 1. The number of rotatable bonds is 9. The Morgan fingerprint density at radius 1 is 1.14 bits per heavy atom. The Kier molecular flexibility index (Phi) is 7.71. The van der Waals surface area contributed by atoms with Crippen LogP contribution in [0.4, 0.5) is 0 Å². The maximum absolute atomic E-state index is 13.0. The number of esters is 1. The molecule has 0 spiro atoms. The molecule has 7 nitrogen and oxygen atoms in total. The van der Waals surface area contributed by atoms with Gasteiger partial charge >= 0.3 is 11.9 Å². The molecule has 2 rings (SSSR count). The Morgan fingerprint density at radius 3 is 2.36 bits per heavy atom. The number of nitrogens with zero attached hydrogens (tertiary/aromatic N) is 1. The summed E-state index contributed by atoms with van der Waals surface area (Å²) in [5, 5.41) is 10.5. The number of aromatic nitrogens is 1. The highest BCUT2D eigenvalue weighted by Gasteiger charge is 2.24. The number of carboxylic acids is 1. The van der Waals surface area contributed by atoms with Crippen LogP contribution in [-0.4, -0.2) is 34.8 Å². The summed E-state index contributed by atoms with van der Waals surface area (Å²) in [4.78, 5) is 36.7. The van der Waals surface area contributed by atoms with Gasteiger partial charge in [0.05, 0.1) is 35.1 Å². The van der Waals surface area contributed by atoms with E-state index in [1.165, 1.54) is 12.1 Å². The quantitative estimate of drug-likeness (QED) is 0.475. The van der Waals surface area contributed by atoms with Crippen LogP contribution < -0.4 is 10.3 Å². The molecule has 1 heterocycles. The molecule has 0 bridgehead atoms. The number of ether oxygens (including phenoxy) is 2. The van der Waals surface area contributed by atoms with E-state index in [0.29, 0.717) is 6.42 Å². The van der Waals surface area contributed by atoms with E-state index < -0.39 is 17.5 Å². The average molecular weight is 430 g/mol. The SMILES string of the molecule is CCCCOc1c(C(=O)O)n(CCC(=O)OCC)c(=O)c2cc(Cl)c(Cl)cc12. The summed E-state index contributed by atoms with van der Waals surface area (Å²) < 4.78 is 11.6. The average Bonchev–Trinajstić information content (AvgIpc) is 2.64. The second-order valence-corrected chi connectivity index (χ2v) is 6.82. The van der Waals surface area contributed by atoms with Gasteiger partial charge in [-0.05, 0) is 25.5 Å². The fourth-order valence-corrected chi connectivity index (χ4v) is 3.06. The van der Waals surface area contributed by atoms with Crippen LogP contribution >= 0.6 is 23.2 Å². The highest BCUT2D eigenvalue weighted by molar-refractivity contribution is 6.42. The van der Waals surface area contributed by atoms with Crippen LogP contribution in [0.2, 0.25) is 10.0 Å². The Balaban J connectivity index is 2.71. The number of aromatic carboxylic acids is 1. The first-order chi connectivity index (χ1) is 13.3. The predicted octanol–water partition coefficient (Wildman–Crippen LogP) is 4.14. The molecule has 0 saturated heterocycles. The second-order valence-electron chi connectivity index (χ2n) is 6.01. The molecule has 0 aliphatic rings. The molecule has 0 aliphatic carbocycles. The second kappa shape index (κ2) is 9.80. The molecule has 0 saturated carbocycles. The first kappa shape index (κ1) is 22.0. The summed E-state index contributed by atoms with van der Waals surface area (Å²) >= 11 is 12.1. The van der Waals surface area contributed by atoms with Gasteiger partial charge in [-0.1, -0.05) is 36.5 Å². The number of pyridine rings is 1. The van der Waals surface area contributed by atoms with Gasteiger partial charge in [-0.3, -0.25) is 14.2 Å². The first-order valence-electron chi connectivity index (χ1n) is 8.89. The summed E-state index contributed by atoms with van der Waals surface area (Å²) in [5.41, 5.74) is -0.936. The van der Waals surface area contributed by atoms with Crippen LogP contribution in [0, 0.1) is 0 Å². The fraction of sp³-hybridized carbons (Fsp3) is 0.421. The first-order valence-corrected chi connectivity index (χ1v) is 9.64. The maximum atomic E-state index is 13.0. The third kappa shape index (κ3) is 4.77. The van der Waals surface area contributed by atoms with Crippen molar-refractivity contribution in [1.82, 2.24) is 4.57 Å². The molecule has 1 N–H and O–H groups in total. The number of halogens is 2. The molecule has 152 valence electrons. The molecular weight excluding hydrogens is 409 g/mol. The maximum Gasteiger partial charge on any atom is 0.356 e. The minimum Gasteiger partial charge on any atom is -0.490 e. The van der Waals surface area contributed by atoms with Gasteiger partial charge in [0.1, 0.15) is 0 Å². The smallest absolute Gasteiger partial charge is 0.356 e. The van der Waals surface area contributed by atoms with E-state index >= 15 is 0 Å². The van der Waals surface area contributed by atoms with E-state index in [1.54, 1.807) is 6.92 Å². The lowest BCUT2D eigenvalue weighted by molar-refractivity contribution is -0.143. The highest BCUT2D eigenvalue weighted by atomic mass is 35.5. The van der Waals surface area contributed by atoms with Gasteiger partial charge in [-0.2, -0.15) is 0 Å². The summed E-state index contributed by atoms with van der Waals surface area (Å²) in [7, 11) is 0. The van der Waals surface area contributed by atoms with Crippen molar-refractivity contribution in [3.63, 3.8) is 0 Å². The molecule has 0 atom stereocenters. The number of carbonyl (C=O) groups is 2. The molecule has 0 fully saturated rings. The van der Waals surface area contributed by atoms with Crippen molar-refractivity contribution in [1.29, 1.82) is 0 Å². The molecule has 2 aromatic rings. The van der Waals surface area contributed by atoms with Crippen molar-refractivity contribution in [3.8, 4) is 5.75 Å². The van der Waals surface area contributed by atoms with Gasteiger partial charge in [-0.25, -0.2) is 4.79 Å². The third-order valence-corrected chi connectivity index (χ3v) is 4.78. The van der Waals surface area contributed by atoms with Crippen molar-refractivity contribution >= 4 is 45.9 Å². The van der Waals surface area contributed by atoms with Gasteiger partial charge in [0.2, 0.25) is 0 Å². The van der Waals surface area contributed by atoms with E-state index in [0.717, 1.165) is 11.0 Å². The molecule has 1 aromatic heterocycles. The topological polar surface area (TPSA) is 94.8 Å². The minimum absolute atomic E-state index is 0.0259. The van der Waals surface area contributed by atoms with Crippen LogP contribution in [0.25, 0.3) is 10.8 Å². The van der Waals surface area contributed by atoms with E-state index in [4.69, 9.17) is 32.7 Å². The highest BCUT2D eigenvalue weighted by Crippen LogP contribution is 2.34. The third-order valence-electron chi connectivity index (χ3n) is 4.06. The largest absolute Gasteiger partial charge is 0.490 e. The van der Waals surface area contributed by atoms with Crippen LogP contribution in [0.3, 0.4) is 0 Å². The Labute approximate surface area is 171 Å². The Hall–Kier alpha value is -2.25. The molecule has 0 aliphatic heterocycles. The van der Waals surface area contributed by atoms with Crippen LogP contribution in [0.1, 0.15) is 43.6 Å². The normalized spacial score (nSPS) is 10.9. The lowest BCUT2D eigenvalue weighted by Crippen LogP contribution is -2.29. The molecular formula is C19H21Cl2NO6. The van der Waals surface area contributed by atoms with E-state index in [-0.39, 0.29) is 58.4 Å². The predicted molar refractivity (Wildman–Crippen MR) is 107 cm³/mol. The molecule has 1 aromatic carbocycles. The van der Waals surface area contributed by atoms with Crippen molar-refractivity contribution in [3.05, 3.63) is 38.2 Å². The number of hydrogen-bond acceptors (Lipinski definition) is 5. The number of unbranched alkanes of at least 4 members (excludes halogenated alkanes) is 1. The lowest BCUT2D eigenvalue weighted by atomic mass is 10.1. The van der Waals surface area contributed by atoms with Crippen LogP contribution in [0.15, 0.2) is 16.9 Å². The zero-order valence-electron chi connectivity index (χ0n) is 15.6. The van der Waals surface area contributed by atoms with E-state index in [2.05, 4.69) is 0 Å². The zero-order chi connectivity index (χ0) is 20.8. The van der Waals surface area contributed by atoms with Gasteiger partial charge in [-0.15, -0.1) is 0 Å². The van der Waals surface area contributed by atoms with Crippen molar-refractivity contribution in [2.45, 2.75) is 39.7 Å². The van der Waals surface area contributed by atoms with Gasteiger partial charge in [0.25, 0.3) is 5.56 Å². The van der Waals surface area contributed by atoms with Crippen LogP contribution in [0.5, 0.6) is 5.75 Å². The van der Waals surface area contributed by atoms with Crippen molar-refractivity contribution in [2.75, 3.05) is 13.2 Å². The fourth-order valence-electron chi connectivity index (χ4n) is 2.74. The molecule has 0 amide bonds. The Bertz CT molecular complexity index is 954. The van der Waals surface area contributed by atoms with Crippen molar-refractivity contribution in [2.24, 2.45) is 0 Å². The Morgan fingerprint density at radius 2 is 1.79 bits per heavy atom. The molecule has 0 unspecified atom stereocenters. The van der Waals surface area contributed by atoms with E-state index in [9.17, 15) is 19.5 Å². The van der Waals surface area contributed by atoms with Gasteiger partial charge < -0.3 is 14.6 Å². The number of hydrogen-bond donors (Lipinski definition) is 1. The van der Waals surface area contributed by atoms with Gasteiger partial charge in [0, 0.05) is 11.9 Å². The number of carboxylic acid groups (broad SMARTS) is 1. The lowest BCUT2D eigenvalue weighted by Gasteiger charge is -2.18. The summed E-state index contributed by atoms with van der Waals surface area (Å²) in [6, 6.07) is 2.80. The number of benzene rings is 1. The zero-order valence-corrected chi connectivity index (χ0v) is 17.1. The summed E-state index contributed by atoms with van der Waals surface area (Å²) in [6.45, 7) is 3.92. The monoisotopic (exact) mass is 429 g/mol. The summed E-state index contributed by atoms with van der Waals surface area (Å²) in [6.07, 6.45) is 1.38. The molecule has 0 radical (unpaired) electrons. The molecule has 9 heteroatoms. The van der Waals surface area contributed by atoms with Crippen molar-refractivity contribution < 1.29 is 24.2 Å². The van der Waals surface area contributed by atoms with Crippen LogP contribution in [-0.2, 0) is 16.1 Å².